The number of aliphatic hydroxyl groups is 1. The Morgan fingerprint density at radius 1 is 0.417 bits per heavy atom. The highest BCUT2D eigenvalue weighted by Gasteiger charge is 2.28. The number of nitrogens with one attached hydrogen (secondary N) is 1. The number of allylic oxidation sites excluding steroid dienone is 19. The van der Waals surface area contributed by atoms with Crippen LogP contribution >= 0.6 is 7.82 Å². The lowest BCUT2D eigenvalue weighted by Crippen LogP contribution is -2.45. The molecule has 0 bridgehead atoms. The molecule has 1 amide bonds. The molecule has 0 spiro atoms. The van der Waals surface area contributed by atoms with Gasteiger partial charge in [0.2, 0.25) is 5.91 Å². The van der Waals surface area contributed by atoms with Crippen LogP contribution < -0.4 is 5.32 Å². The monoisotopic (exact) mass is 1190 g/mol. The van der Waals surface area contributed by atoms with Crippen molar-refractivity contribution >= 4 is 13.7 Å². The van der Waals surface area contributed by atoms with Crippen LogP contribution in [0.5, 0.6) is 0 Å². The second kappa shape index (κ2) is 64.4. The van der Waals surface area contributed by atoms with Crippen LogP contribution in [0.2, 0.25) is 0 Å². The zero-order valence-corrected chi connectivity index (χ0v) is 56.3. The number of quaternary nitrogens is 1. The van der Waals surface area contributed by atoms with Gasteiger partial charge in [0.1, 0.15) is 13.2 Å². The van der Waals surface area contributed by atoms with E-state index in [0.717, 1.165) is 103 Å². The molecule has 0 rings (SSSR count). The molecule has 0 saturated carbocycles. The summed E-state index contributed by atoms with van der Waals surface area (Å²) in [6.45, 7) is 4.69. The number of hydrogen-bond acceptors (Lipinski definition) is 5. The third-order valence-corrected chi connectivity index (χ3v) is 16.1. The number of phosphoric ester groups is 1. The fourth-order valence-electron chi connectivity index (χ4n) is 9.78. The molecule has 8 nitrogen and oxygen atoms in total. The molecule has 0 heterocycles. The Hall–Kier alpha value is -3.10. The Labute approximate surface area is 520 Å². The minimum Gasteiger partial charge on any atom is -0.387 e. The van der Waals surface area contributed by atoms with Crippen LogP contribution in [0.25, 0.3) is 0 Å². The van der Waals surface area contributed by atoms with Crippen LogP contribution in [0.4, 0.5) is 0 Å². The SMILES string of the molecule is CC/C=C\C/C=C\C/C=C\C/C=C\C/C=C\C/C=C\C/C=C\C/C=C\CCCCCCCCCCC(=O)NC(COP(=O)(O)OCC[N+](C)(C)C)C(O)/C=C/CC/C=C/CCCCCCCCCCCCCCCCCCCCCCCCC. The molecule has 0 aromatic heterocycles. The second-order valence-corrected chi connectivity index (χ2v) is 26.0. The van der Waals surface area contributed by atoms with Crippen molar-refractivity contribution in [3.05, 3.63) is 122 Å². The predicted molar refractivity (Wildman–Crippen MR) is 368 cm³/mol. The molecule has 3 atom stereocenters. The van der Waals surface area contributed by atoms with Crippen molar-refractivity contribution in [3.8, 4) is 0 Å². The van der Waals surface area contributed by atoms with Crippen LogP contribution in [0.1, 0.15) is 296 Å². The van der Waals surface area contributed by atoms with Gasteiger partial charge < -0.3 is 19.8 Å². The van der Waals surface area contributed by atoms with Crippen molar-refractivity contribution in [3.63, 3.8) is 0 Å². The molecular formula is C75H134N2O6P+. The summed E-state index contributed by atoms with van der Waals surface area (Å²) in [5.41, 5.74) is 0. The number of rotatable bonds is 63. The van der Waals surface area contributed by atoms with Gasteiger partial charge in [-0.05, 0) is 96.3 Å². The van der Waals surface area contributed by atoms with E-state index in [1.54, 1.807) is 6.08 Å². The molecule has 484 valence electrons. The van der Waals surface area contributed by atoms with E-state index in [1.807, 2.05) is 27.2 Å². The van der Waals surface area contributed by atoms with E-state index in [2.05, 4.69) is 129 Å². The number of likely N-dealkylation sites (N-methyl/N-ethyl adjacent to an activating group) is 1. The molecule has 0 aliphatic heterocycles. The Kier molecular flexibility index (Phi) is 62.0. The third kappa shape index (κ3) is 66.4. The van der Waals surface area contributed by atoms with Gasteiger partial charge in [-0.3, -0.25) is 13.8 Å². The summed E-state index contributed by atoms with van der Waals surface area (Å²) in [7, 11) is 1.54. The van der Waals surface area contributed by atoms with Crippen molar-refractivity contribution in [2.45, 2.75) is 309 Å². The van der Waals surface area contributed by atoms with Gasteiger partial charge in [-0.15, -0.1) is 0 Å². The first-order valence-electron chi connectivity index (χ1n) is 34.9. The lowest BCUT2D eigenvalue weighted by Gasteiger charge is -2.25. The summed E-state index contributed by atoms with van der Waals surface area (Å²) in [6, 6.07) is -0.879. The molecule has 0 saturated heterocycles. The first-order chi connectivity index (χ1) is 41.0. The number of aliphatic hydroxyl groups excluding tert-OH is 1. The fourth-order valence-corrected chi connectivity index (χ4v) is 10.5. The van der Waals surface area contributed by atoms with E-state index in [1.165, 1.54) is 173 Å². The molecule has 9 heteroatoms. The van der Waals surface area contributed by atoms with Crippen molar-refractivity contribution in [2.75, 3.05) is 40.9 Å². The standard InChI is InChI=1S/C75H133N2O6P/c1-6-8-10-12-14-16-18-20-22-24-26-28-30-32-34-36-37-38-39-41-43-45-47-49-51-53-55-57-59-61-63-65-67-69-75(79)76-73(72-83-84(80,81)82-71-70-77(3,4)5)74(78)68-66-64-62-60-58-56-54-52-50-48-46-44-42-40-35-33-31-29-27-25-23-21-19-17-15-13-11-9-7-2/h8,10,14,16,20,22,26,28,32,34,37-38,41,43,47,49,58,60,66,68,73-74,78H,6-7,9,11-13,15,17-19,21,23-25,27,29-31,33,35-36,39-40,42,44-46,48,50-57,59,61-65,67,69-72H2,1-5H3,(H-,76,79,80,81)/p+1/b10-8-,16-14-,22-20-,28-26-,34-32-,38-37-,43-41-,49-47-,60-58+,68-66+. The maximum atomic E-state index is 13.0. The smallest absolute Gasteiger partial charge is 0.387 e. The normalized spacial score (nSPS) is 14.4. The van der Waals surface area contributed by atoms with Crippen molar-refractivity contribution < 1.29 is 32.9 Å². The van der Waals surface area contributed by atoms with E-state index in [4.69, 9.17) is 9.05 Å². The summed E-state index contributed by atoms with van der Waals surface area (Å²) in [4.78, 5) is 23.4. The Balaban J connectivity index is 4.19. The molecule has 0 aromatic rings. The number of carbonyl (C=O) groups excluding carboxylic acids is 1. The van der Waals surface area contributed by atoms with E-state index >= 15 is 0 Å². The zero-order chi connectivity index (χ0) is 61.2. The lowest BCUT2D eigenvalue weighted by molar-refractivity contribution is -0.870. The average Bonchev–Trinajstić information content (AvgIpc) is 3.56. The molecule has 3 unspecified atom stereocenters. The zero-order valence-electron chi connectivity index (χ0n) is 55.4. The summed E-state index contributed by atoms with van der Waals surface area (Å²) in [5.74, 6) is -0.197. The van der Waals surface area contributed by atoms with Gasteiger partial charge in [-0.2, -0.15) is 0 Å². The highest BCUT2D eigenvalue weighted by atomic mass is 31.2. The van der Waals surface area contributed by atoms with Gasteiger partial charge in [0.05, 0.1) is 39.9 Å². The molecule has 0 radical (unpaired) electrons. The van der Waals surface area contributed by atoms with E-state index < -0.39 is 20.0 Å². The minimum absolute atomic E-state index is 0.0486. The quantitative estimate of drug-likeness (QED) is 0.0243. The molecule has 0 aliphatic rings. The van der Waals surface area contributed by atoms with E-state index in [-0.39, 0.29) is 19.1 Å². The summed E-state index contributed by atoms with van der Waals surface area (Å²) >= 11 is 0. The Morgan fingerprint density at radius 2 is 0.726 bits per heavy atom. The van der Waals surface area contributed by atoms with Crippen LogP contribution in [-0.4, -0.2) is 73.4 Å². The Morgan fingerprint density at radius 3 is 1.10 bits per heavy atom. The van der Waals surface area contributed by atoms with Crippen LogP contribution in [0.3, 0.4) is 0 Å². The number of nitrogens with zero attached hydrogens (tertiary/aromatic N) is 1. The molecule has 3 N–H and O–H groups in total. The molecule has 0 fully saturated rings. The summed E-state index contributed by atoms with van der Waals surface area (Å²) in [6.07, 6.45) is 96.3. The first kappa shape index (κ1) is 80.9. The van der Waals surface area contributed by atoms with E-state index in [0.29, 0.717) is 17.4 Å². The maximum Gasteiger partial charge on any atom is 0.472 e. The van der Waals surface area contributed by atoms with Gasteiger partial charge in [0, 0.05) is 6.42 Å². The minimum atomic E-state index is -4.37. The second-order valence-electron chi connectivity index (χ2n) is 24.5. The number of carbonyl (C=O) groups is 1. The number of amides is 1. The van der Waals surface area contributed by atoms with Crippen molar-refractivity contribution in [2.24, 2.45) is 0 Å². The largest absolute Gasteiger partial charge is 0.472 e. The number of unbranched alkanes of at least 4 members (excludes halogenated alkanes) is 32. The first-order valence-corrected chi connectivity index (χ1v) is 36.4. The molecular weight excluding hydrogens is 1060 g/mol. The highest BCUT2D eigenvalue weighted by molar-refractivity contribution is 7.47. The van der Waals surface area contributed by atoms with Gasteiger partial charge in [-0.1, -0.05) is 315 Å². The Bertz CT molecular complexity index is 1780. The summed E-state index contributed by atoms with van der Waals surface area (Å²) in [5, 5.41) is 14.0. The van der Waals surface area contributed by atoms with Crippen LogP contribution in [0, 0.1) is 0 Å². The summed E-state index contributed by atoms with van der Waals surface area (Å²) < 4.78 is 23.8. The average molecular weight is 1190 g/mol. The highest BCUT2D eigenvalue weighted by Crippen LogP contribution is 2.43. The molecule has 0 aliphatic carbocycles. The van der Waals surface area contributed by atoms with Gasteiger partial charge >= 0.3 is 7.82 Å². The number of hydrogen-bond donors (Lipinski definition) is 3. The fraction of sp³-hybridized carbons (Fsp3) is 0.720. The van der Waals surface area contributed by atoms with Crippen molar-refractivity contribution in [1.82, 2.24) is 5.32 Å². The topological polar surface area (TPSA) is 105 Å². The number of phosphoric acid groups is 1. The molecule has 0 aromatic carbocycles. The van der Waals surface area contributed by atoms with Crippen LogP contribution in [-0.2, 0) is 18.4 Å². The lowest BCUT2D eigenvalue weighted by atomic mass is 10.0. The van der Waals surface area contributed by atoms with Crippen LogP contribution in [0.15, 0.2) is 122 Å². The van der Waals surface area contributed by atoms with Crippen molar-refractivity contribution in [1.29, 1.82) is 0 Å². The third-order valence-electron chi connectivity index (χ3n) is 15.2. The van der Waals surface area contributed by atoms with E-state index in [9.17, 15) is 19.4 Å². The molecule has 84 heavy (non-hydrogen) atoms. The maximum absolute atomic E-state index is 13.0. The van der Waals surface area contributed by atoms with Gasteiger partial charge in [0.25, 0.3) is 0 Å². The van der Waals surface area contributed by atoms with Gasteiger partial charge in [-0.25, -0.2) is 4.57 Å². The van der Waals surface area contributed by atoms with Gasteiger partial charge in [0.15, 0.2) is 0 Å². The predicted octanol–water partition coefficient (Wildman–Crippen LogP) is 22.4.